The zero-order valence-electron chi connectivity index (χ0n) is 9.82. The van der Waals surface area contributed by atoms with E-state index in [1.165, 1.54) is 12.8 Å². The molecule has 1 aliphatic rings. The summed E-state index contributed by atoms with van der Waals surface area (Å²) in [5, 5.41) is 5.70. The molecule has 0 bridgehead atoms. The fraction of sp³-hybridized carbons (Fsp3) is 0.385. The second kappa shape index (κ2) is 4.61. The average Bonchev–Trinajstić information content (AvgIpc) is 3.09. The number of hydrogen-bond acceptors (Lipinski definition) is 2. The van der Waals surface area contributed by atoms with Crippen LogP contribution in [0.4, 0.5) is 0 Å². The van der Waals surface area contributed by atoms with E-state index in [0.29, 0.717) is 33.2 Å². The first kappa shape index (κ1) is 12.6. The molecule has 0 atom stereocenters. The minimum atomic E-state index is 0.458. The molecule has 1 saturated carbocycles. The standard InChI is InChI=1S/C13H12Cl3NO/c1-6-10(5-17-7-2-3-7)18-13-9(15)4-8(14)12(16)11(6)13/h4,7,17H,2-3,5H2,1H3. The number of nitrogens with one attached hydrogen (secondary N) is 1. The van der Waals surface area contributed by atoms with Crippen LogP contribution < -0.4 is 5.32 Å². The Bertz CT molecular complexity index is 616. The molecule has 5 heteroatoms. The molecule has 1 aromatic heterocycles. The van der Waals surface area contributed by atoms with Crippen molar-refractivity contribution in [3.63, 3.8) is 0 Å². The van der Waals surface area contributed by atoms with Gasteiger partial charge in [-0.2, -0.15) is 0 Å². The molecular weight excluding hydrogens is 293 g/mol. The van der Waals surface area contributed by atoms with Crippen molar-refractivity contribution in [1.29, 1.82) is 0 Å². The van der Waals surface area contributed by atoms with Gasteiger partial charge in [-0.3, -0.25) is 0 Å². The normalized spacial score (nSPS) is 15.6. The van der Waals surface area contributed by atoms with Gasteiger partial charge in [0.1, 0.15) is 5.76 Å². The van der Waals surface area contributed by atoms with Crippen LogP contribution in [0, 0.1) is 6.92 Å². The number of fused-ring (bicyclic) bond motifs is 1. The van der Waals surface area contributed by atoms with Crippen LogP contribution in [0.1, 0.15) is 24.2 Å². The molecule has 1 heterocycles. The summed E-state index contributed by atoms with van der Waals surface area (Å²) in [5.74, 6) is 0.878. The summed E-state index contributed by atoms with van der Waals surface area (Å²) < 4.78 is 5.81. The lowest BCUT2D eigenvalue weighted by atomic mass is 10.1. The Kier molecular flexibility index (Phi) is 3.23. The molecule has 1 N–H and O–H groups in total. The van der Waals surface area contributed by atoms with E-state index in [1.807, 2.05) is 6.92 Å². The van der Waals surface area contributed by atoms with Crippen molar-refractivity contribution in [2.45, 2.75) is 32.4 Å². The molecule has 2 aromatic rings. The second-order valence-electron chi connectivity index (χ2n) is 4.66. The van der Waals surface area contributed by atoms with Gasteiger partial charge >= 0.3 is 0 Å². The molecule has 18 heavy (non-hydrogen) atoms. The lowest BCUT2D eigenvalue weighted by molar-refractivity contribution is 0.509. The molecule has 0 aliphatic heterocycles. The van der Waals surface area contributed by atoms with Crippen LogP contribution in [0.15, 0.2) is 10.5 Å². The van der Waals surface area contributed by atoms with Crippen LogP contribution in [0.5, 0.6) is 0 Å². The molecule has 1 aliphatic carbocycles. The third kappa shape index (κ3) is 2.12. The Morgan fingerprint density at radius 2 is 2.00 bits per heavy atom. The molecule has 96 valence electrons. The van der Waals surface area contributed by atoms with Crippen molar-refractivity contribution in [2.24, 2.45) is 0 Å². The molecule has 0 spiro atoms. The first-order chi connectivity index (χ1) is 8.58. The molecule has 2 nitrogen and oxygen atoms in total. The van der Waals surface area contributed by atoms with Gasteiger partial charge in [0.25, 0.3) is 0 Å². The maximum Gasteiger partial charge on any atom is 0.154 e. The van der Waals surface area contributed by atoms with E-state index in [2.05, 4.69) is 5.32 Å². The van der Waals surface area contributed by atoms with Crippen molar-refractivity contribution < 1.29 is 4.42 Å². The SMILES string of the molecule is Cc1c(CNC2CC2)oc2c(Cl)cc(Cl)c(Cl)c12. The van der Waals surface area contributed by atoms with Crippen molar-refractivity contribution in [1.82, 2.24) is 5.32 Å². The summed E-state index contributed by atoms with van der Waals surface area (Å²) in [6, 6.07) is 2.25. The Hall–Kier alpha value is -0.410. The largest absolute Gasteiger partial charge is 0.458 e. The number of rotatable bonds is 3. The molecule has 0 unspecified atom stereocenters. The van der Waals surface area contributed by atoms with Gasteiger partial charge in [0, 0.05) is 17.0 Å². The molecule has 0 radical (unpaired) electrons. The number of benzene rings is 1. The Labute approximate surface area is 120 Å². The van der Waals surface area contributed by atoms with E-state index in [1.54, 1.807) is 6.07 Å². The monoisotopic (exact) mass is 303 g/mol. The molecule has 0 amide bonds. The van der Waals surface area contributed by atoms with E-state index in [0.717, 1.165) is 16.7 Å². The average molecular weight is 305 g/mol. The van der Waals surface area contributed by atoms with Crippen LogP contribution in [0.25, 0.3) is 11.0 Å². The van der Waals surface area contributed by atoms with Crippen molar-refractivity contribution in [3.05, 3.63) is 32.5 Å². The second-order valence-corrected chi connectivity index (χ2v) is 5.86. The number of aryl methyl sites for hydroxylation is 1. The molecule has 1 aromatic carbocycles. The predicted octanol–water partition coefficient (Wildman–Crippen LogP) is 4.95. The third-order valence-corrected chi connectivity index (χ3v) is 4.34. The maximum atomic E-state index is 6.22. The minimum Gasteiger partial charge on any atom is -0.458 e. The van der Waals surface area contributed by atoms with E-state index in [-0.39, 0.29) is 0 Å². The highest BCUT2D eigenvalue weighted by Gasteiger charge is 2.23. The highest BCUT2D eigenvalue weighted by Crippen LogP contribution is 2.40. The topological polar surface area (TPSA) is 25.2 Å². The summed E-state index contributed by atoms with van der Waals surface area (Å²) in [5.41, 5.74) is 1.63. The van der Waals surface area contributed by atoms with Crippen LogP contribution in [0.2, 0.25) is 15.1 Å². The molecular formula is C13H12Cl3NO. The quantitative estimate of drug-likeness (QED) is 0.811. The highest BCUT2D eigenvalue weighted by molar-refractivity contribution is 6.47. The zero-order valence-corrected chi connectivity index (χ0v) is 12.1. The Morgan fingerprint density at radius 1 is 1.28 bits per heavy atom. The number of hydrogen-bond donors (Lipinski definition) is 1. The van der Waals surface area contributed by atoms with Crippen LogP contribution in [-0.2, 0) is 6.54 Å². The van der Waals surface area contributed by atoms with Crippen LogP contribution in [-0.4, -0.2) is 6.04 Å². The van der Waals surface area contributed by atoms with E-state index in [4.69, 9.17) is 39.2 Å². The highest BCUT2D eigenvalue weighted by atomic mass is 35.5. The number of furan rings is 1. The van der Waals surface area contributed by atoms with Crippen molar-refractivity contribution >= 4 is 45.8 Å². The van der Waals surface area contributed by atoms with Gasteiger partial charge < -0.3 is 9.73 Å². The lowest BCUT2D eigenvalue weighted by Gasteiger charge is -2.00. The smallest absolute Gasteiger partial charge is 0.154 e. The van der Waals surface area contributed by atoms with Gasteiger partial charge in [-0.05, 0) is 25.8 Å². The van der Waals surface area contributed by atoms with Gasteiger partial charge in [-0.25, -0.2) is 0 Å². The Morgan fingerprint density at radius 3 is 2.67 bits per heavy atom. The summed E-state index contributed by atoms with van der Waals surface area (Å²) in [4.78, 5) is 0. The summed E-state index contributed by atoms with van der Waals surface area (Å²) in [7, 11) is 0. The first-order valence-electron chi connectivity index (χ1n) is 5.86. The van der Waals surface area contributed by atoms with E-state index < -0.39 is 0 Å². The predicted molar refractivity (Wildman–Crippen MR) is 75.8 cm³/mol. The van der Waals surface area contributed by atoms with Crippen LogP contribution in [0.3, 0.4) is 0 Å². The summed E-state index contributed by atoms with van der Waals surface area (Å²) in [6.45, 7) is 2.68. The molecule has 3 rings (SSSR count). The van der Waals surface area contributed by atoms with Gasteiger partial charge in [0.05, 0.1) is 21.6 Å². The Balaban J connectivity index is 2.08. The summed E-state index contributed by atoms with van der Waals surface area (Å²) in [6.07, 6.45) is 2.49. The maximum absolute atomic E-state index is 6.22. The summed E-state index contributed by atoms with van der Waals surface area (Å²) >= 11 is 18.4. The van der Waals surface area contributed by atoms with Gasteiger partial charge in [-0.15, -0.1) is 0 Å². The van der Waals surface area contributed by atoms with Crippen LogP contribution >= 0.6 is 34.8 Å². The van der Waals surface area contributed by atoms with E-state index in [9.17, 15) is 0 Å². The van der Waals surface area contributed by atoms with Crippen molar-refractivity contribution in [3.8, 4) is 0 Å². The molecule has 0 saturated heterocycles. The van der Waals surface area contributed by atoms with Gasteiger partial charge in [0.2, 0.25) is 0 Å². The van der Waals surface area contributed by atoms with Gasteiger partial charge in [0.15, 0.2) is 5.58 Å². The first-order valence-corrected chi connectivity index (χ1v) is 7.00. The fourth-order valence-electron chi connectivity index (χ4n) is 2.05. The number of halogens is 3. The third-order valence-electron chi connectivity index (χ3n) is 3.27. The van der Waals surface area contributed by atoms with Crippen molar-refractivity contribution in [2.75, 3.05) is 0 Å². The molecule has 1 fully saturated rings. The minimum absolute atomic E-state index is 0.458. The van der Waals surface area contributed by atoms with Gasteiger partial charge in [-0.1, -0.05) is 34.8 Å². The zero-order chi connectivity index (χ0) is 12.9. The fourth-order valence-corrected chi connectivity index (χ4v) is 2.83. The van der Waals surface area contributed by atoms with E-state index >= 15 is 0 Å². The lowest BCUT2D eigenvalue weighted by Crippen LogP contribution is -2.15.